The van der Waals surface area contributed by atoms with Gasteiger partial charge >= 0.3 is 0 Å². The molecule has 1 aromatic carbocycles. The molecule has 0 spiro atoms. The molecule has 4 nitrogen and oxygen atoms in total. The van der Waals surface area contributed by atoms with Crippen LogP contribution in [-0.4, -0.2) is 5.91 Å². The number of hydrogen-bond acceptors (Lipinski definition) is 4. The van der Waals surface area contributed by atoms with Crippen LogP contribution >= 0.6 is 11.3 Å². The summed E-state index contributed by atoms with van der Waals surface area (Å²) in [5.41, 5.74) is 8.05. The van der Waals surface area contributed by atoms with E-state index in [2.05, 4.69) is 19.2 Å². The van der Waals surface area contributed by atoms with Crippen molar-refractivity contribution in [3.63, 3.8) is 0 Å². The van der Waals surface area contributed by atoms with Crippen molar-refractivity contribution in [2.24, 2.45) is 11.7 Å². The van der Waals surface area contributed by atoms with E-state index in [1.54, 1.807) is 13.0 Å². The third-order valence-electron chi connectivity index (χ3n) is 3.62. The molecular weight excluding hydrogens is 344 g/mol. The van der Waals surface area contributed by atoms with Gasteiger partial charge in [0.25, 0.3) is 5.91 Å². The van der Waals surface area contributed by atoms with Crippen LogP contribution in [0.2, 0.25) is 0 Å². The highest BCUT2D eigenvalue weighted by molar-refractivity contribution is 7.13. The van der Waals surface area contributed by atoms with Crippen molar-refractivity contribution >= 4 is 17.2 Å². The predicted molar refractivity (Wildman–Crippen MR) is 108 cm³/mol. The molecule has 26 heavy (non-hydrogen) atoms. The predicted octanol–water partition coefficient (Wildman–Crippen LogP) is 4.91. The summed E-state index contributed by atoms with van der Waals surface area (Å²) in [6.07, 6.45) is 3.75. The van der Waals surface area contributed by atoms with E-state index in [0.717, 1.165) is 15.7 Å². The number of nitrogens with two attached hydrogens (primary N) is 1. The van der Waals surface area contributed by atoms with Crippen LogP contribution in [0.3, 0.4) is 0 Å². The minimum Gasteiger partial charge on any atom is -0.447 e. The number of benzene rings is 1. The zero-order valence-corrected chi connectivity index (χ0v) is 16.5. The number of nitrogens with one attached hydrogen (secondary N) is 1. The first-order valence-corrected chi connectivity index (χ1v) is 9.42. The summed E-state index contributed by atoms with van der Waals surface area (Å²) in [6.45, 7) is 8.32. The molecule has 5 heteroatoms. The third kappa shape index (κ3) is 6.08. The molecule has 0 aliphatic rings. The monoisotopic (exact) mass is 370 g/mol. The summed E-state index contributed by atoms with van der Waals surface area (Å²) in [5, 5.41) is 3.71. The van der Waals surface area contributed by atoms with Crippen molar-refractivity contribution < 1.29 is 9.53 Å². The Morgan fingerprint density at radius 3 is 2.54 bits per heavy atom. The lowest BCUT2D eigenvalue weighted by Crippen LogP contribution is -2.25. The Balaban J connectivity index is 1.95. The van der Waals surface area contributed by atoms with Crippen LogP contribution in [0.4, 0.5) is 0 Å². The van der Waals surface area contributed by atoms with E-state index < -0.39 is 0 Å². The Morgan fingerprint density at radius 1 is 1.23 bits per heavy atom. The molecule has 1 amide bonds. The van der Waals surface area contributed by atoms with Gasteiger partial charge in [0.1, 0.15) is 5.75 Å². The van der Waals surface area contributed by atoms with Gasteiger partial charge in [0.15, 0.2) is 5.06 Å². The molecular formula is C21H26N2O2S. The normalized spacial score (nSPS) is 12.3. The molecule has 1 aromatic heterocycles. The molecule has 3 N–H and O–H groups in total. The maximum absolute atomic E-state index is 12.4. The highest BCUT2D eigenvalue weighted by atomic mass is 32.1. The van der Waals surface area contributed by atoms with Crippen molar-refractivity contribution in [3.05, 3.63) is 70.3 Å². The number of hydrogen-bond donors (Lipinski definition) is 2. The molecule has 0 atom stereocenters. The first kappa shape index (κ1) is 19.8. The SMILES string of the molecule is C/C(N)=C(\C=C/C(C)C)C(=O)NCc1ccc(Oc2ccc(C)cc2)s1. The van der Waals surface area contributed by atoms with Gasteiger partial charge in [0.05, 0.1) is 12.1 Å². The molecule has 2 rings (SSSR count). The van der Waals surface area contributed by atoms with Crippen molar-refractivity contribution in [3.8, 4) is 10.8 Å². The first-order chi connectivity index (χ1) is 12.3. The van der Waals surface area contributed by atoms with E-state index in [-0.39, 0.29) is 5.91 Å². The lowest BCUT2D eigenvalue weighted by atomic mass is 10.1. The van der Waals surface area contributed by atoms with Crippen molar-refractivity contribution in [1.29, 1.82) is 0 Å². The Kier molecular flexibility index (Phi) is 7.04. The number of carbonyl (C=O) groups excluding carboxylic acids is 1. The van der Waals surface area contributed by atoms with E-state index >= 15 is 0 Å². The van der Waals surface area contributed by atoms with Crippen molar-refractivity contribution in [2.75, 3.05) is 0 Å². The van der Waals surface area contributed by atoms with E-state index in [1.807, 2.05) is 49.4 Å². The van der Waals surface area contributed by atoms with Crippen LogP contribution in [-0.2, 0) is 11.3 Å². The smallest absolute Gasteiger partial charge is 0.253 e. The molecule has 138 valence electrons. The maximum Gasteiger partial charge on any atom is 0.253 e. The van der Waals surface area contributed by atoms with Gasteiger partial charge in [-0.2, -0.15) is 0 Å². The number of rotatable bonds is 7. The van der Waals surface area contributed by atoms with Gasteiger partial charge in [-0.15, -0.1) is 11.3 Å². The summed E-state index contributed by atoms with van der Waals surface area (Å²) in [7, 11) is 0. The Labute approximate surface area is 159 Å². The molecule has 0 saturated carbocycles. The minimum absolute atomic E-state index is 0.170. The second-order valence-corrected chi connectivity index (χ2v) is 7.65. The lowest BCUT2D eigenvalue weighted by Gasteiger charge is -2.07. The summed E-state index contributed by atoms with van der Waals surface area (Å²) in [5.74, 6) is 0.989. The summed E-state index contributed by atoms with van der Waals surface area (Å²) in [4.78, 5) is 13.4. The number of aryl methyl sites for hydroxylation is 1. The fourth-order valence-corrected chi connectivity index (χ4v) is 2.98. The van der Waals surface area contributed by atoms with Crippen LogP contribution in [0.15, 0.2) is 59.8 Å². The van der Waals surface area contributed by atoms with Crippen LogP contribution in [0, 0.1) is 12.8 Å². The standard InChI is InChI=1S/C21H26N2O2S/c1-14(2)5-11-19(16(4)22)21(24)23-13-18-10-12-20(26-18)25-17-8-6-15(3)7-9-17/h5-12,14H,13,22H2,1-4H3,(H,23,24)/b11-5-,19-16-. The van der Waals surface area contributed by atoms with Gasteiger partial charge in [-0.1, -0.05) is 43.7 Å². The lowest BCUT2D eigenvalue weighted by molar-refractivity contribution is -0.117. The van der Waals surface area contributed by atoms with E-state index in [1.165, 1.54) is 16.9 Å². The molecule has 0 unspecified atom stereocenters. The quantitative estimate of drug-likeness (QED) is 0.538. The number of carbonyl (C=O) groups is 1. The Bertz CT molecular complexity index is 798. The molecule has 0 aliphatic heterocycles. The fraction of sp³-hybridized carbons (Fsp3) is 0.286. The van der Waals surface area contributed by atoms with Gasteiger partial charge < -0.3 is 15.8 Å². The zero-order chi connectivity index (χ0) is 19.1. The fourth-order valence-electron chi connectivity index (χ4n) is 2.17. The van der Waals surface area contributed by atoms with E-state index in [4.69, 9.17) is 10.5 Å². The van der Waals surface area contributed by atoms with E-state index in [9.17, 15) is 4.79 Å². The van der Waals surface area contributed by atoms with Gasteiger partial charge in [-0.05, 0) is 44.0 Å². The molecule has 0 aliphatic carbocycles. The summed E-state index contributed by atoms with van der Waals surface area (Å²) < 4.78 is 5.84. The number of amides is 1. The summed E-state index contributed by atoms with van der Waals surface area (Å²) in [6, 6.07) is 11.8. The van der Waals surface area contributed by atoms with Crippen LogP contribution < -0.4 is 15.8 Å². The zero-order valence-electron chi connectivity index (χ0n) is 15.7. The van der Waals surface area contributed by atoms with Gasteiger partial charge in [0.2, 0.25) is 0 Å². The Morgan fingerprint density at radius 2 is 1.92 bits per heavy atom. The van der Waals surface area contributed by atoms with Crippen LogP contribution in [0.25, 0.3) is 0 Å². The largest absolute Gasteiger partial charge is 0.447 e. The average molecular weight is 371 g/mol. The van der Waals surface area contributed by atoms with Crippen molar-refractivity contribution in [2.45, 2.75) is 34.2 Å². The number of thiophene rings is 1. The highest BCUT2D eigenvalue weighted by Gasteiger charge is 2.10. The number of allylic oxidation sites excluding steroid dienone is 2. The topological polar surface area (TPSA) is 64.4 Å². The Hall–Kier alpha value is -2.53. The third-order valence-corrected chi connectivity index (χ3v) is 4.58. The molecule has 0 fully saturated rings. The van der Waals surface area contributed by atoms with Crippen LogP contribution in [0.5, 0.6) is 10.8 Å². The minimum atomic E-state index is -0.170. The molecule has 1 heterocycles. The van der Waals surface area contributed by atoms with Crippen LogP contribution in [0.1, 0.15) is 31.2 Å². The van der Waals surface area contributed by atoms with Gasteiger partial charge in [0, 0.05) is 10.6 Å². The van der Waals surface area contributed by atoms with Gasteiger partial charge in [-0.25, -0.2) is 0 Å². The second kappa shape index (κ2) is 9.25. The van der Waals surface area contributed by atoms with Crippen molar-refractivity contribution in [1.82, 2.24) is 5.32 Å². The highest BCUT2D eigenvalue weighted by Crippen LogP contribution is 2.29. The average Bonchev–Trinajstić information content (AvgIpc) is 3.02. The first-order valence-electron chi connectivity index (χ1n) is 8.61. The van der Waals surface area contributed by atoms with Gasteiger partial charge in [-0.3, -0.25) is 4.79 Å². The molecule has 0 bridgehead atoms. The molecule has 0 radical (unpaired) electrons. The maximum atomic E-state index is 12.4. The van der Waals surface area contributed by atoms with E-state index in [0.29, 0.717) is 23.7 Å². The second-order valence-electron chi connectivity index (χ2n) is 6.52. The molecule has 0 saturated heterocycles. The molecule has 2 aromatic rings. The number of ether oxygens (including phenoxy) is 1. The summed E-state index contributed by atoms with van der Waals surface area (Å²) >= 11 is 1.51.